The second-order valence-electron chi connectivity index (χ2n) is 5.03. The first-order chi connectivity index (χ1) is 7.71. The monoisotopic (exact) mass is 320 g/mol. The largest absolute Gasteiger partial charge is 0.298 e. The number of ketones is 1. The minimum absolute atomic E-state index is 0.0991. The summed E-state index contributed by atoms with van der Waals surface area (Å²) in [5, 5.41) is 0.0991. The van der Waals surface area contributed by atoms with E-state index in [0.717, 1.165) is 5.56 Å². The Kier molecular flexibility index (Phi) is 4.73. The van der Waals surface area contributed by atoms with Crippen molar-refractivity contribution in [2.45, 2.75) is 32.0 Å². The van der Waals surface area contributed by atoms with Crippen LogP contribution in [-0.2, 0) is 11.2 Å². The Morgan fingerprint density at radius 3 is 2.53 bits per heavy atom. The molecule has 0 aliphatic heterocycles. The van der Waals surface area contributed by atoms with Crippen molar-refractivity contribution in [3.8, 4) is 0 Å². The third kappa shape index (κ3) is 4.07. The highest BCUT2D eigenvalue weighted by Crippen LogP contribution is 2.24. The van der Waals surface area contributed by atoms with Crippen molar-refractivity contribution in [2.75, 3.05) is 0 Å². The average molecular weight is 322 g/mol. The van der Waals surface area contributed by atoms with Gasteiger partial charge in [-0.2, -0.15) is 0 Å². The van der Waals surface area contributed by atoms with Gasteiger partial charge < -0.3 is 0 Å². The van der Waals surface area contributed by atoms with E-state index in [1.807, 2.05) is 20.8 Å². The van der Waals surface area contributed by atoms with Gasteiger partial charge in [0.2, 0.25) is 0 Å². The topological polar surface area (TPSA) is 17.1 Å². The highest BCUT2D eigenvalue weighted by Gasteiger charge is 2.27. The molecule has 17 heavy (non-hydrogen) atoms. The molecule has 0 heterocycles. The van der Waals surface area contributed by atoms with Crippen LogP contribution >= 0.6 is 27.5 Å². The third-order valence-electron chi connectivity index (χ3n) is 2.42. The number of carbonyl (C=O) groups excluding carboxylic acids is 1. The SMILES string of the molecule is CC(C)(C)C(=O)C(Br)Cc1ccc(Cl)c(F)c1. The second-order valence-corrected chi connectivity index (χ2v) is 6.55. The lowest BCUT2D eigenvalue weighted by Crippen LogP contribution is -2.30. The van der Waals surface area contributed by atoms with Crippen molar-refractivity contribution in [3.63, 3.8) is 0 Å². The van der Waals surface area contributed by atoms with Crippen molar-refractivity contribution in [1.29, 1.82) is 0 Å². The lowest BCUT2D eigenvalue weighted by atomic mass is 9.87. The highest BCUT2D eigenvalue weighted by atomic mass is 79.9. The van der Waals surface area contributed by atoms with E-state index in [-0.39, 0.29) is 15.6 Å². The zero-order chi connectivity index (χ0) is 13.2. The first-order valence-electron chi connectivity index (χ1n) is 5.34. The van der Waals surface area contributed by atoms with Gasteiger partial charge in [0.25, 0.3) is 0 Å². The lowest BCUT2D eigenvalue weighted by molar-refractivity contribution is -0.125. The summed E-state index contributed by atoms with van der Waals surface area (Å²) in [7, 11) is 0. The molecule has 0 aliphatic rings. The van der Waals surface area contributed by atoms with Crippen molar-refractivity contribution in [3.05, 3.63) is 34.6 Å². The van der Waals surface area contributed by atoms with E-state index in [1.165, 1.54) is 12.1 Å². The van der Waals surface area contributed by atoms with Crippen molar-refractivity contribution in [2.24, 2.45) is 5.41 Å². The van der Waals surface area contributed by atoms with Gasteiger partial charge in [-0.15, -0.1) is 0 Å². The van der Waals surface area contributed by atoms with Crippen LogP contribution in [0.5, 0.6) is 0 Å². The Labute approximate surface area is 114 Å². The molecule has 94 valence electrons. The number of hydrogen-bond acceptors (Lipinski definition) is 1. The maximum Gasteiger partial charge on any atom is 0.152 e. The molecule has 0 spiro atoms. The molecule has 0 saturated carbocycles. The summed E-state index contributed by atoms with van der Waals surface area (Å²) in [6, 6.07) is 4.61. The molecule has 1 atom stereocenters. The number of rotatable bonds is 3. The molecule has 0 radical (unpaired) electrons. The molecule has 1 nitrogen and oxygen atoms in total. The fourth-order valence-electron chi connectivity index (χ4n) is 1.44. The van der Waals surface area contributed by atoms with Crippen LogP contribution in [0.1, 0.15) is 26.3 Å². The Hall–Kier alpha value is -0.410. The smallest absolute Gasteiger partial charge is 0.152 e. The predicted octanol–water partition coefficient (Wildman–Crippen LogP) is 4.40. The van der Waals surface area contributed by atoms with E-state index in [1.54, 1.807) is 6.07 Å². The number of carbonyl (C=O) groups is 1. The van der Waals surface area contributed by atoms with Gasteiger partial charge >= 0.3 is 0 Å². The lowest BCUT2D eigenvalue weighted by Gasteiger charge is -2.20. The molecule has 1 unspecified atom stereocenters. The minimum Gasteiger partial charge on any atom is -0.298 e. The van der Waals surface area contributed by atoms with E-state index in [2.05, 4.69) is 15.9 Å². The van der Waals surface area contributed by atoms with Crippen LogP contribution in [-0.4, -0.2) is 10.6 Å². The van der Waals surface area contributed by atoms with E-state index in [9.17, 15) is 9.18 Å². The van der Waals surface area contributed by atoms with Crippen molar-refractivity contribution < 1.29 is 9.18 Å². The summed E-state index contributed by atoms with van der Waals surface area (Å²) in [5.41, 5.74) is 0.352. The zero-order valence-electron chi connectivity index (χ0n) is 10.1. The molecule has 0 aliphatic carbocycles. The van der Waals surface area contributed by atoms with Gasteiger partial charge in [-0.1, -0.05) is 54.4 Å². The standard InChI is InChI=1S/C13H15BrClFO/c1-13(2,3)12(17)9(14)6-8-4-5-10(15)11(16)7-8/h4-5,7,9H,6H2,1-3H3. The maximum atomic E-state index is 13.2. The van der Waals surface area contributed by atoms with Gasteiger partial charge in [-0.3, -0.25) is 4.79 Å². The summed E-state index contributed by atoms with van der Waals surface area (Å²) in [6.07, 6.45) is 0.462. The molecule has 4 heteroatoms. The van der Waals surface area contributed by atoms with Gasteiger partial charge in [-0.25, -0.2) is 4.39 Å². The summed E-state index contributed by atoms with van der Waals surface area (Å²) in [5.74, 6) is -0.347. The van der Waals surface area contributed by atoms with Crippen LogP contribution in [0.15, 0.2) is 18.2 Å². The van der Waals surface area contributed by atoms with Crippen LogP contribution in [0.3, 0.4) is 0 Å². The van der Waals surface area contributed by atoms with Gasteiger partial charge in [0.05, 0.1) is 9.85 Å². The van der Waals surface area contributed by atoms with E-state index < -0.39 is 11.2 Å². The minimum atomic E-state index is -0.452. The summed E-state index contributed by atoms with van der Waals surface area (Å²) >= 11 is 8.95. The third-order valence-corrected chi connectivity index (χ3v) is 3.47. The van der Waals surface area contributed by atoms with E-state index in [4.69, 9.17) is 11.6 Å². The first-order valence-corrected chi connectivity index (χ1v) is 6.63. The summed E-state index contributed by atoms with van der Waals surface area (Å²) in [4.78, 5) is 11.7. The van der Waals surface area contributed by atoms with Gasteiger partial charge in [0, 0.05) is 5.41 Å². The van der Waals surface area contributed by atoms with Crippen molar-refractivity contribution >= 4 is 33.3 Å². The molecule has 1 rings (SSSR count). The highest BCUT2D eigenvalue weighted by molar-refractivity contribution is 9.10. The van der Waals surface area contributed by atoms with Crippen LogP contribution in [0.2, 0.25) is 5.02 Å². The van der Waals surface area contributed by atoms with Gasteiger partial charge in [0.1, 0.15) is 5.82 Å². The summed E-state index contributed by atoms with van der Waals surface area (Å²) in [6.45, 7) is 5.60. The molecule has 0 aromatic heterocycles. The predicted molar refractivity (Wildman–Crippen MR) is 72.3 cm³/mol. The van der Waals surface area contributed by atoms with Crippen LogP contribution in [0, 0.1) is 11.2 Å². The van der Waals surface area contributed by atoms with Crippen LogP contribution in [0.4, 0.5) is 4.39 Å². The molecule has 0 N–H and O–H groups in total. The molecule has 1 aromatic carbocycles. The number of halogens is 3. The molecule has 0 saturated heterocycles. The Morgan fingerprint density at radius 1 is 1.47 bits per heavy atom. The maximum absolute atomic E-state index is 13.2. The number of alkyl halides is 1. The normalized spacial score (nSPS) is 13.5. The van der Waals surface area contributed by atoms with Crippen LogP contribution < -0.4 is 0 Å². The summed E-state index contributed by atoms with van der Waals surface area (Å²) < 4.78 is 13.2. The molecular weight excluding hydrogens is 306 g/mol. The van der Waals surface area contributed by atoms with Gasteiger partial charge in [-0.05, 0) is 24.1 Å². The fourth-order valence-corrected chi connectivity index (χ4v) is 2.61. The molecule has 1 aromatic rings. The number of hydrogen-bond donors (Lipinski definition) is 0. The Bertz CT molecular complexity index is 426. The Morgan fingerprint density at radius 2 is 2.06 bits per heavy atom. The van der Waals surface area contributed by atoms with Crippen molar-refractivity contribution in [1.82, 2.24) is 0 Å². The molecule has 0 amide bonds. The van der Waals surface area contributed by atoms with E-state index in [0.29, 0.717) is 6.42 Å². The first kappa shape index (κ1) is 14.7. The molecular formula is C13H15BrClFO. The fraction of sp³-hybridized carbons (Fsp3) is 0.462. The number of benzene rings is 1. The van der Waals surface area contributed by atoms with Gasteiger partial charge in [0.15, 0.2) is 5.78 Å². The van der Waals surface area contributed by atoms with Crippen LogP contribution in [0.25, 0.3) is 0 Å². The average Bonchev–Trinajstić information content (AvgIpc) is 2.21. The van der Waals surface area contributed by atoms with E-state index >= 15 is 0 Å². The zero-order valence-corrected chi connectivity index (χ0v) is 12.4. The number of Topliss-reactive ketones (excluding diaryl/α,β-unsaturated/α-hetero) is 1. The quantitative estimate of drug-likeness (QED) is 0.754. The second kappa shape index (κ2) is 5.49. The molecule has 0 bridgehead atoms. The molecule has 0 fully saturated rings. The Balaban J connectivity index is 2.78.